The fraction of sp³-hybridized carbons (Fsp3) is 0.357. The first-order chi connectivity index (χ1) is 9.06. The Bertz CT molecular complexity index is 563. The highest BCUT2D eigenvalue weighted by molar-refractivity contribution is 6.21. The number of nitrogens with zero attached hydrogens (tertiary/aromatic N) is 1. The number of carbonyl (C=O) groups excluding carboxylic acids is 3. The zero-order valence-corrected chi connectivity index (χ0v) is 10.6. The third-order valence-corrected chi connectivity index (χ3v) is 3.92. The second kappa shape index (κ2) is 3.91. The Balaban J connectivity index is 1.93. The van der Waals surface area contributed by atoms with Crippen molar-refractivity contribution in [3.8, 4) is 0 Å². The zero-order valence-electron chi connectivity index (χ0n) is 10.6. The predicted molar refractivity (Wildman–Crippen MR) is 66.9 cm³/mol. The minimum absolute atomic E-state index is 0.363. The van der Waals surface area contributed by atoms with E-state index in [4.69, 9.17) is 0 Å². The third-order valence-electron chi connectivity index (χ3n) is 3.92. The van der Waals surface area contributed by atoms with Crippen molar-refractivity contribution in [3.05, 3.63) is 35.9 Å². The number of hydrogen-bond donors (Lipinski definition) is 1. The summed E-state index contributed by atoms with van der Waals surface area (Å²) in [6.45, 7) is 1.79. The van der Waals surface area contributed by atoms with Crippen LogP contribution in [0.3, 0.4) is 0 Å². The van der Waals surface area contributed by atoms with Gasteiger partial charge in [-0.1, -0.05) is 30.3 Å². The molecule has 1 aromatic rings. The van der Waals surface area contributed by atoms with Crippen LogP contribution in [0.2, 0.25) is 0 Å². The molecule has 1 aliphatic heterocycles. The summed E-state index contributed by atoms with van der Waals surface area (Å²) < 4.78 is 0. The average molecular weight is 258 g/mol. The van der Waals surface area contributed by atoms with Crippen molar-refractivity contribution < 1.29 is 14.4 Å². The largest absolute Gasteiger partial charge is 0.331 e. The Hall–Kier alpha value is -2.17. The van der Waals surface area contributed by atoms with E-state index in [1.165, 1.54) is 4.90 Å². The van der Waals surface area contributed by atoms with E-state index in [2.05, 4.69) is 5.32 Å². The second-order valence-electron chi connectivity index (χ2n) is 5.10. The minimum atomic E-state index is -0.975. The standard InChI is InChI=1S/C14H14N2O3/c1-9(10-5-3-2-4-6-10)16-12(18)14(7-8-14)11(17)15-13(16)19/h2-6,9H,7-8H2,1H3,(H,15,17,19). The lowest BCUT2D eigenvalue weighted by molar-refractivity contribution is -0.146. The number of hydrogen-bond acceptors (Lipinski definition) is 3. The van der Waals surface area contributed by atoms with Crippen LogP contribution >= 0.6 is 0 Å². The molecule has 19 heavy (non-hydrogen) atoms. The van der Waals surface area contributed by atoms with Crippen LogP contribution in [0.4, 0.5) is 4.79 Å². The summed E-state index contributed by atoms with van der Waals surface area (Å²) in [5, 5.41) is 2.29. The summed E-state index contributed by atoms with van der Waals surface area (Å²) in [6.07, 6.45) is 1.06. The van der Waals surface area contributed by atoms with Crippen molar-refractivity contribution in [2.75, 3.05) is 0 Å². The molecule has 1 saturated heterocycles. The predicted octanol–water partition coefficient (Wildman–Crippen LogP) is 1.61. The molecular weight excluding hydrogens is 244 g/mol. The normalized spacial score (nSPS) is 22.4. The van der Waals surface area contributed by atoms with E-state index in [-0.39, 0.29) is 11.9 Å². The number of carbonyl (C=O) groups is 3. The van der Waals surface area contributed by atoms with E-state index >= 15 is 0 Å². The summed E-state index contributed by atoms with van der Waals surface area (Å²) >= 11 is 0. The van der Waals surface area contributed by atoms with Crippen molar-refractivity contribution in [2.45, 2.75) is 25.8 Å². The smallest absolute Gasteiger partial charge is 0.277 e. The molecule has 5 heteroatoms. The van der Waals surface area contributed by atoms with Crippen LogP contribution in [0.15, 0.2) is 30.3 Å². The Morgan fingerprint density at radius 1 is 1.16 bits per heavy atom. The van der Waals surface area contributed by atoms with Gasteiger partial charge in [-0.05, 0) is 25.3 Å². The molecule has 1 heterocycles. The van der Waals surface area contributed by atoms with Crippen molar-refractivity contribution in [1.29, 1.82) is 0 Å². The minimum Gasteiger partial charge on any atom is -0.277 e. The van der Waals surface area contributed by atoms with Gasteiger partial charge in [-0.3, -0.25) is 19.8 Å². The molecule has 3 rings (SSSR count). The van der Waals surface area contributed by atoms with Crippen LogP contribution in [0.1, 0.15) is 31.4 Å². The molecule has 1 spiro atoms. The quantitative estimate of drug-likeness (QED) is 0.819. The maximum atomic E-state index is 12.4. The van der Waals surface area contributed by atoms with E-state index in [1.54, 1.807) is 6.92 Å². The summed E-state index contributed by atoms with van der Waals surface area (Å²) in [7, 11) is 0. The van der Waals surface area contributed by atoms with E-state index in [9.17, 15) is 14.4 Å². The third kappa shape index (κ3) is 1.65. The maximum Gasteiger partial charge on any atom is 0.331 e. The van der Waals surface area contributed by atoms with E-state index in [1.807, 2.05) is 30.3 Å². The van der Waals surface area contributed by atoms with Gasteiger partial charge in [0, 0.05) is 0 Å². The van der Waals surface area contributed by atoms with Crippen molar-refractivity contribution in [3.63, 3.8) is 0 Å². The Morgan fingerprint density at radius 3 is 2.37 bits per heavy atom. The summed E-state index contributed by atoms with van der Waals surface area (Å²) in [6, 6.07) is 8.32. The number of barbiturate groups is 1. The monoisotopic (exact) mass is 258 g/mol. The van der Waals surface area contributed by atoms with E-state index < -0.39 is 17.4 Å². The number of amides is 4. The van der Waals surface area contributed by atoms with Gasteiger partial charge in [0.25, 0.3) is 0 Å². The molecule has 1 saturated carbocycles. The molecule has 1 aliphatic carbocycles. The fourth-order valence-corrected chi connectivity index (χ4v) is 2.50. The molecule has 2 aliphatic rings. The molecule has 1 N–H and O–H groups in total. The molecule has 5 nitrogen and oxygen atoms in total. The molecule has 1 aromatic carbocycles. The molecule has 98 valence electrons. The highest BCUT2D eigenvalue weighted by atomic mass is 16.2. The van der Waals surface area contributed by atoms with Gasteiger partial charge < -0.3 is 0 Å². The molecule has 0 aromatic heterocycles. The zero-order chi connectivity index (χ0) is 13.6. The number of nitrogens with one attached hydrogen (secondary N) is 1. The first-order valence-electron chi connectivity index (χ1n) is 6.30. The maximum absolute atomic E-state index is 12.4. The number of benzene rings is 1. The van der Waals surface area contributed by atoms with E-state index in [0.29, 0.717) is 12.8 Å². The molecule has 0 radical (unpaired) electrons. The summed E-state index contributed by atoms with van der Waals surface area (Å²) in [5.41, 5.74) is -0.104. The lowest BCUT2D eigenvalue weighted by Gasteiger charge is -2.34. The van der Waals surface area contributed by atoms with E-state index in [0.717, 1.165) is 5.56 Å². The van der Waals surface area contributed by atoms with Crippen molar-refractivity contribution in [1.82, 2.24) is 10.2 Å². The van der Waals surface area contributed by atoms with Crippen LogP contribution < -0.4 is 5.32 Å². The van der Waals surface area contributed by atoms with Crippen LogP contribution in [-0.2, 0) is 9.59 Å². The topological polar surface area (TPSA) is 66.5 Å². The summed E-state index contributed by atoms with van der Waals surface area (Å²) in [4.78, 5) is 37.2. The van der Waals surface area contributed by atoms with Gasteiger partial charge in [0.15, 0.2) is 0 Å². The molecule has 4 amide bonds. The van der Waals surface area contributed by atoms with Crippen LogP contribution in [0.25, 0.3) is 0 Å². The Labute approximate surface area is 110 Å². The Morgan fingerprint density at radius 2 is 1.79 bits per heavy atom. The molecule has 2 fully saturated rings. The van der Waals surface area contributed by atoms with Crippen LogP contribution in [-0.4, -0.2) is 22.7 Å². The van der Waals surface area contributed by atoms with Crippen LogP contribution in [0.5, 0.6) is 0 Å². The van der Waals surface area contributed by atoms with Crippen molar-refractivity contribution in [2.24, 2.45) is 5.41 Å². The van der Waals surface area contributed by atoms with Gasteiger partial charge in [-0.15, -0.1) is 0 Å². The number of urea groups is 1. The van der Waals surface area contributed by atoms with Crippen LogP contribution in [0, 0.1) is 5.41 Å². The molecule has 0 bridgehead atoms. The Kier molecular flexibility index (Phi) is 2.45. The van der Waals surface area contributed by atoms with Gasteiger partial charge >= 0.3 is 6.03 Å². The first kappa shape index (κ1) is 11.9. The highest BCUT2D eigenvalue weighted by Crippen LogP contribution is 2.50. The van der Waals surface area contributed by atoms with Gasteiger partial charge in [-0.25, -0.2) is 4.79 Å². The van der Waals surface area contributed by atoms with Crippen molar-refractivity contribution >= 4 is 17.8 Å². The number of rotatable bonds is 2. The second-order valence-corrected chi connectivity index (χ2v) is 5.10. The fourth-order valence-electron chi connectivity index (χ4n) is 2.50. The van der Waals surface area contributed by atoms with Gasteiger partial charge in [0.05, 0.1) is 6.04 Å². The number of imide groups is 2. The van der Waals surface area contributed by atoms with Gasteiger partial charge in [0.1, 0.15) is 5.41 Å². The lowest BCUT2D eigenvalue weighted by atomic mass is 9.98. The molecule has 1 unspecified atom stereocenters. The summed E-state index contributed by atoms with van der Waals surface area (Å²) in [5.74, 6) is -0.809. The average Bonchev–Trinajstić information content (AvgIpc) is 3.19. The molecule has 1 atom stereocenters. The first-order valence-corrected chi connectivity index (χ1v) is 6.30. The SMILES string of the molecule is CC(c1ccccc1)N1C(=O)NC(=O)C2(CC2)C1=O. The molecular formula is C14H14N2O3. The lowest BCUT2D eigenvalue weighted by Crippen LogP contribution is -2.59. The van der Waals surface area contributed by atoms with Gasteiger partial charge in [0.2, 0.25) is 11.8 Å². The highest BCUT2D eigenvalue weighted by Gasteiger charge is 2.62. The van der Waals surface area contributed by atoms with Gasteiger partial charge in [-0.2, -0.15) is 0 Å².